The summed E-state index contributed by atoms with van der Waals surface area (Å²) in [6.07, 6.45) is 13.4. The smallest absolute Gasteiger partial charge is 0.226 e. The van der Waals surface area contributed by atoms with Crippen molar-refractivity contribution < 1.29 is 14.7 Å². The van der Waals surface area contributed by atoms with E-state index in [0.717, 1.165) is 32.1 Å². The summed E-state index contributed by atoms with van der Waals surface area (Å²) >= 11 is 0. The zero-order chi connectivity index (χ0) is 19.6. The molecule has 5 heteroatoms. The van der Waals surface area contributed by atoms with E-state index >= 15 is 0 Å². The Morgan fingerprint density at radius 1 is 1.04 bits per heavy atom. The number of hydrogen-bond donors (Lipinski definition) is 0. The first-order valence-electron chi connectivity index (χ1n) is 10.8. The van der Waals surface area contributed by atoms with Crippen molar-refractivity contribution in [3.8, 4) is 0 Å². The second-order valence-electron chi connectivity index (χ2n) is 7.89. The molecule has 0 aliphatic carbocycles. The van der Waals surface area contributed by atoms with Crippen LogP contribution in [0.25, 0.3) is 0 Å². The number of hydrogen-bond acceptors (Lipinski definition) is 3. The van der Waals surface area contributed by atoms with Crippen LogP contribution in [0.5, 0.6) is 0 Å². The third kappa shape index (κ3) is 5.94. The number of carboxylic acids is 1. The molecule has 1 heterocycles. The molecule has 152 valence electrons. The number of aliphatic carboxylic acids is 1. The number of likely N-dealkylation sites (tertiary alicyclic amines) is 1. The van der Waals surface area contributed by atoms with E-state index in [2.05, 4.69) is 27.7 Å². The quantitative estimate of drug-likeness (QED) is 0.420. The average Bonchev–Trinajstić information content (AvgIpc) is 3.01. The Morgan fingerprint density at radius 2 is 1.54 bits per heavy atom. The number of rotatable bonds is 14. The summed E-state index contributed by atoms with van der Waals surface area (Å²) in [6.45, 7) is 8.85. The molecule has 2 atom stereocenters. The molecular weight excluding hydrogens is 345 g/mol. The van der Waals surface area contributed by atoms with E-state index in [0.29, 0.717) is 12.8 Å². The molecule has 0 aromatic rings. The molecular formula is C21H40NO3P. The van der Waals surface area contributed by atoms with Crippen LogP contribution in [0.3, 0.4) is 0 Å². The summed E-state index contributed by atoms with van der Waals surface area (Å²) in [5.74, 6) is -0.863. The highest BCUT2D eigenvalue weighted by Crippen LogP contribution is 2.67. The maximum Gasteiger partial charge on any atom is 0.226 e. The highest BCUT2D eigenvalue weighted by molar-refractivity contribution is 7.76. The minimum absolute atomic E-state index is 0.0477. The Bertz CT molecular complexity index is 419. The highest BCUT2D eigenvalue weighted by atomic mass is 31.2. The summed E-state index contributed by atoms with van der Waals surface area (Å²) in [4.78, 5) is 26.3. The second kappa shape index (κ2) is 12.0. The molecule has 1 amide bonds. The van der Waals surface area contributed by atoms with E-state index in [1.165, 1.54) is 37.7 Å². The predicted octanol–water partition coefficient (Wildman–Crippen LogP) is 4.27. The number of carbonyl (C=O) groups is 2. The van der Waals surface area contributed by atoms with E-state index in [1.807, 2.05) is 0 Å². The second-order valence-corrected chi connectivity index (χ2v) is 12.3. The molecule has 1 saturated heterocycles. The zero-order valence-electron chi connectivity index (χ0n) is 17.5. The molecule has 4 nitrogen and oxygen atoms in total. The molecule has 0 N–H and O–H groups in total. The van der Waals surface area contributed by atoms with Crippen molar-refractivity contribution in [1.82, 2.24) is 4.90 Å². The topological polar surface area (TPSA) is 60.4 Å². The number of carbonyl (C=O) groups excluding carboxylic acids is 2. The van der Waals surface area contributed by atoms with Gasteiger partial charge in [0.2, 0.25) is 5.91 Å². The first kappa shape index (κ1) is 23.4. The molecule has 0 bridgehead atoms. The molecule has 0 radical (unpaired) electrons. The third-order valence-corrected chi connectivity index (χ3v) is 11.3. The molecule has 1 rings (SSSR count). The van der Waals surface area contributed by atoms with E-state index < -0.39 is 19.3 Å². The van der Waals surface area contributed by atoms with Gasteiger partial charge in [0, 0.05) is 20.1 Å². The van der Waals surface area contributed by atoms with Gasteiger partial charge in [-0.15, -0.1) is 0 Å². The Hall–Kier alpha value is -0.630. The van der Waals surface area contributed by atoms with Crippen molar-refractivity contribution in [3.05, 3.63) is 0 Å². The van der Waals surface area contributed by atoms with E-state index in [1.54, 1.807) is 4.90 Å². The summed E-state index contributed by atoms with van der Waals surface area (Å²) < 4.78 is 0. The van der Waals surface area contributed by atoms with Gasteiger partial charge in [0.15, 0.2) is 0 Å². The van der Waals surface area contributed by atoms with Gasteiger partial charge in [0.1, 0.15) is 5.78 Å². The van der Waals surface area contributed by atoms with Crippen LogP contribution in [0.4, 0.5) is 0 Å². The van der Waals surface area contributed by atoms with Crippen molar-refractivity contribution in [2.45, 2.75) is 104 Å². The van der Waals surface area contributed by atoms with Crippen LogP contribution in [-0.2, 0) is 9.59 Å². The molecule has 26 heavy (non-hydrogen) atoms. The number of carboxylic acid groups (broad SMARTS) is 1. The van der Waals surface area contributed by atoms with Gasteiger partial charge < -0.3 is 9.90 Å². The van der Waals surface area contributed by atoms with Gasteiger partial charge in [0.05, 0.1) is 30.5 Å². The molecule has 2 unspecified atom stereocenters. The Balaban J connectivity index is 3.29. The van der Waals surface area contributed by atoms with Gasteiger partial charge >= 0.3 is 0 Å². The fourth-order valence-corrected chi connectivity index (χ4v) is 10.5. The largest absolute Gasteiger partial charge is 0.548 e. The van der Waals surface area contributed by atoms with Gasteiger partial charge in [-0.05, 0) is 25.7 Å². The Kier molecular flexibility index (Phi) is 10.8. The monoisotopic (exact) mass is 385 g/mol. The van der Waals surface area contributed by atoms with Gasteiger partial charge in [-0.25, -0.2) is 0 Å². The van der Waals surface area contributed by atoms with Crippen molar-refractivity contribution in [2.75, 3.05) is 18.5 Å². The minimum Gasteiger partial charge on any atom is -0.548 e. The van der Waals surface area contributed by atoms with Gasteiger partial charge in [-0.1, -0.05) is 53.4 Å². The normalized spacial score (nSPS) is 19.2. The Labute approximate surface area is 161 Å². The van der Waals surface area contributed by atoms with Crippen LogP contribution >= 0.6 is 7.26 Å². The van der Waals surface area contributed by atoms with Crippen LogP contribution in [0.15, 0.2) is 0 Å². The van der Waals surface area contributed by atoms with Gasteiger partial charge in [0.25, 0.3) is 0 Å². The van der Waals surface area contributed by atoms with Crippen LogP contribution < -0.4 is 5.11 Å². The lowest BCUT2D eigenvalue weighted by Crippen LogP contribution is -2.51. The maximum absolute atomic E-state index is 12.7. The SMILES string of the molecule is CCCC[P+](CCCC)(CCCC)C(CCC)N1C(=O)CCC1C(=O)[O-]. The zero-order valence-corrected chi connectivity index (χ0v) is 18.4. The summed E-state index contributed by atoms with van der Waals surface area (Å²) in [6, 6.07) is -0.705. The predicted molar refractivity (Wildman–Crippen MR) is 110 cm³/mol. The van der Waals surface area contributed by atoms with Crippen molar-refractivity contribution in [3.63, 3.8) is 0 Å². The lowest BCUT2D eigenvalue weighted by Gasteiger charge is -2.42. The number of amides is 1. The van der Waals surface area contributed by atoms with Crippen LogP contribution in [0.2, 0.25) is 0 Å². The molecule has 1 aliphatic rings. The minimum atomic E-state index is -1.42. The fraction of sp³-hybridized carbons (Fsp3) is 0.905. The van der Waals surface area contributed by atoms with E-state index in [4.69, 9.17) is 0 Å². The number of nitrogens with zero attached hydrogens (tertiary/aromatic N) is 1. The molecule has 0 aromatic carbocycles. The lowest BCUT2D eigenvalue weighted by atomic mass is 10.2. The van der Waals surface area contributed by atoms with E-state index in [9.17, 15) is 14.7 Å². The van der Waals surface area contributed by atoms with E-state index in [-0.39, 0.29) is 11.7 Å². The summed E-state index contributed by atoms with van der Waals surface area (Å²) in [5, 5.41) is 11.7. The van der Waals surface area contributed by atoms with Crippen LogP contribution in [0, 0.1) is 0 Å². The standard InChI is InChI=1S/C21H40NO3P/c1-5-9-15-26(16-10-6-2,17-11-7-3)20(12-8-4)22-18(21(24)25)13-14-19(22)23/h18,20H,5-17H2,1-4H3. The molecule has 1 fully saturated rings. The highest BCUT2D eigenvalue weighted by Gasteiger charge is 2.51. The molecule has 0 aromatic heterocycles. The van der Waals surface area contributed by atoms with Crippen molar-refractivity contribution in [1.29, 1.82) is 0 Å². The van der Waals surface area contributed by atoms with Crippen molar-refractivity contribution >= 4 is 19.1 Å². The van der Waals surface area contributed by atoms with Crippen LogP contribution in [0.1, 0.15) is 91.9 Å². The molecule has 1 aliphatic heterocycles. The van der Waals surface area contributed by atoms with Gasteiger partial charge in [-0.3, -0.25) is 9.69 Å². The lowest BCUT2D eigenvalue weighted by molar-refractivity contribution is -0.310. The fourth-order valence-electron chi connectivity index (χ4n) is 4.44. The molecule has 0 saturated carbocycles. The van der Waals surface area contributed by atoms with Gasteiger partial charge in [-0.2, -0.15) is 0 Å². The summed E-state index contributed by atoms with van der Waals surface area (Å²) in [7, 11) is -1.42. The Morgan fingerprint density at radius 3 is 1.92 bits per heavy atom. The van der Waals surface area contributed by atoms with Crippen molar-refractivity contribution in [2.24, 2.45) is 0 Å². The summed E-state index contributed by atoms with van der Waals surface area (Å²) in [5.41, 5.74) is 0. The first-order chi connectivity index (χ1) is 12.5. The number of unbranched alkanes of at least 4 members (excludes halogenated alkanes) is 3. The van der Waals surface area contributed by atoms with Crippen LogP contribution in [-0.4, -0.2) is 47.1 Å². The third-order valence-electron chi connectivity index (χ3n) is 5.90. The first-order valence-corrected chi connectivity index (χ1v) is 13.3. The maximum atomic E-state index is 12.7. The average molecular weight is 386 g/mol. The molecule has 0 spiro atoms.